The highest BCUT2D eigenvalue weighted by Gasteiger charge is 2.13. The number of nitrogens with zero attached hydrogens (tertiary/aromatic N) is 4. The first kappa shape index (κ1) is 30.0. The first-order valence-electron chi connectivity index (χ1n) is 13.2. The summed E-state index contributed by atoms with van der Waals surface area (Å²) in [6.07, 6.45) is 7.57. The van der Waals surface area contributed by atoms with Crippen molar-refractivity contribution in [1.82, 2.24) is 30.2 Å². The van der Waals surface area contributed by atoms with Crippen LogP contribution in [-0.4, -0.2) is 44.9 Å². The number of carbonyl (C=O) groups excluding carboxylic acids is 2. The summed E-state index contributed by atoms with van der Waals surface area (Å²) >= 11 is 6.22. The van der Waals surface area contributed by atoms with Gasteiger partial charge in [0.15, 0.2) is 11.6 Å². The average molecular weight is 616 g/mol. The molecule has 222 valence electrons. The van der Waals surface area contributed by atoms with Crippen molar-refractivity contribution in [2.24, 2.45) is 0 Å². The van der Waals surface area contributed by atoms with Gasteiger partial charge in [-0.25, -0.2) is 23.7 Å². The third kappa shape index (κ3) is 6.93. The maximum atomic E-state index is 13.5. The van der Waals surface area contributed by atoms with Crippen LogP contribution in [0.5, 0.6) is 0 Å². The molecule has 0 saturated heterocycles. The molecule has 0 spiro atoms. The minimum Gasteiger partial charge on any atom is -0.355 e. The molecular formula is C31H24ClF2N7O3. The lowest BCUT2D eigenvalue weighted by Gasteiger charge is -2.09. The average Bonchev–Trinajstić information content (AvgIpc) is 3.01. The van der Waals surface area contributed by atoms with Gasteiger partial charge in [-0.15, -0.1) is 0 Å². The van der Waals surface area contributed by atoms with Crippen molar-refractivity contribution in [2.45, 2.75) is 6.54 Å². The molecule has 13 heteroatoms. The maximum Gasteiger partial charge on any atom is 0.266 e. The molecule has 2 heterocycles. The Morgan fingerprint density at radius 2 is 1.82 bits per heavy atom. The summed E-state index contributed by atoms with van der Waals surface area (Å²) in [6, 6.07) is 13.8. The van der Waals surface area contributed by atoms with E-state index in [1.54, 1.807) is 36.5 Å². The maximum absolute atomic E-state index is 13.5. The third-order valence-electron chi connectivity index (χ3n) is 6.47. The molecule has 5 aromatic rings. The van der Waals surface area contributed by atoms with Gasteiger partial charge in [-0.3, -0.25) is 19.0 Å². The summed E-state index contributed by atoms with van der Waals surface area (Å²) in [7, 11) is 1.53. The largest absolute Gasteiger partial charge is 0.355 e. The Bertz CT molecular complexity index is 1980. The molecule has 0 aliphatic rings. The van der Waals surface area contributed by atoms with Crippen molar-refractivity contribution in [3.63, 3.8) is 0 Å². The van der Waals surface area contributed by atoms with E-state index in [9.17, 15) is 23.2 Å². The van der Waals surface area contributed by atoms with Gasteiger partial charge in [0, 0.05) is 37.1 Å². The molecule has 0 aliphatic carbocycles. The summed E-state index contributed by atoms with van der Waals surface area (Å²) in [6.45, 7) is 0.0584. The zero-order valence-electron chi connectivity index (χ0n) is 23.1. The molecule has 5 rings (SSSR count). The van der Waals surface area contributed by atoms with E-state index in [1.807, 2.05) is 18.2 Å². The van der Waals surface area contributed by atoms with Crippen LogP contribution in [0.1, 0.15) is 31.8 Å². The van der Waals surface area contributed by atoms with E-state index in [4.69, 9.17) is 11.6 Å². The van der Waals surface area contributed by atoms with Gasteiger partial charge in [-0.1, -0.05) is 35.9 Å². The van der Waals surface area contributed by atoms with Crippen molar-refractivity contribution in [1.29, 1.82) is 0 Å². The van der Waals surface area contributed by atoms with Crippen LogP contribution in [0.4, 0.5) is 20.4 Å². The molecule has 2 amide bonds. The third-order valence-corrected chi connectivity index (χ3v) is 6.79. The number of hydrogen-bond donors (Lipinski definition) is 3. The number of rotatable bonds is 9. The van der Waals surface area contributed by atoms with Gasteiger partial charge < -0.3 is 16.0 Å². The van der Waals surface area contributed by atoms with Crippen molar-refractivity contribution in [3.8, 4) is 0 Å². The molecule has 0 bridgehead atoms. The number of carbonyl (C=O) groups is 2. The van der Waals surface area contributed by atoms with Crippen molar-refractivity contribution >= 4 is 52.0 Å². The van der Waals surface area contributed by atoms with Crippen LogP contribution in [0, 0.1) is 11.6 Å². The Labute approximate surface area is 254 Å². The first-order valence-corrected chi connectivity index (χ1v) is 13.6. The molecule has 10 nitrogen and oxygen atoms in total. The summed E-state index contributed by atoms with van der Waals surface area (Å²) in [5.74, 6) is -2.57. The number of hydrogen-bond acceptors (Lipinski definition) is 7. The molecule has 44 heavy (non-hydrogen) atoms. The van der Waals surface area contributed by atoms with Crippen LogP contribution in [0.3, 0.4) is 0 Å². The lowest BCUT2D eigenvalue weighted by Crippen LogP contribution is -2.33. The number of benzene rings is 3. The SMILES string of the molecule is CNC(=O)c1ccc(Nc2ncc3cc(/C=C/CNC(=O)c4cncn(Cc5ccc(F)c(F)c5)c4=O)ccc3n2)cc1Cl. The highest BCUT2D eigenvalue weighted by molar-refractivity contribution is 6.34. The minimum atomic E-state index is -1.03. The highest BCUT2D eigenvalue weighted by Crippen LogP contribution is 2.24. The lowest BCUT2D eigenvalue weighted by atomic mass is 10.1. The topological polar surface area (TPSA) is 131 Å². The Balaban J connectivity index is 1.19. The van der Waals surface area contributed by atoms with Crippen LogP contribution < -0.4 is 21.5 Å². The standard InChI is InChI=1S/C31H24ClF2N7O3/c1-35-28(42)22-7-6-21(13-24(22)32)39-31-38-14-20-11-18(5-9-27(20)40-31)3-2-10-37-29(43)23-15-36-17-41(30(23)44)16-19-4-8-25(33)26(34)12-19/h2-9,11-15,17H,10,16H2,1H3,(H,35,42)(H,37,43)(H,38,39,40)/b3-2+. The molecule has 2 aromatic heterocycles. The number of halogens is 3. The van der Waals surface area contributed by atoms with Crippen LogP contribution in [0.25, 0.3) is 17.0 Å². The van der Waals surface area contributed by atoms with Gasteiger partial charge in [0.1, 0.15) is 5.56 Å². The molecule has 3 aromatic carbocycles. The fourth-order valence-electron chi connectivity index (χ4n) is 4.25. The van der Waals surface area contributed by atoms with Crippen LogP contribution in [-0.2, 0) is 6.54 Å². The van der Waals surface area contributed by atoms with Crippen molar-refractivity contribution in [2.75, 3.05) is 18.9 Å². The smallest absolute Gasteiger partial charge is 0.266 e. The summed E-state index contributed by atoms with van der Waals surface area (Å²) in [5, 5.41) is 9.33. The molecule has 0 aliphatic heterocycles. The van der Waals surface area contributed by atoms with E-state index in [-0.39, 0.29) is 24.6 Å². The molecule has 0 saturated carbocycles. The van der Waals surface area contributed by atoms with Gasteiger partial charge in [0.2, 0.25) is 5.95 Å². The summed E-state index contributed by atoms with van der Waals surface area (Å²) < 4.78 is 27.9. The molecule has 0 atom stereocenters. The van der Waals surface area contributed by atoms with E-state index in [0.29, 0.717) is 33.3 Å². The van der Waals surface area contributed by atoms with Gasteiger partial charge in [0.05, 0.1) is 29.0 Å². The fourth-order valence-corrected chi connectivity index (χ4v) is 4.52. The molecule has 0 radical (unpaired) electrons. The number of aromatic nitrogens is 4. The second kappa shape index (κ2) is 13.2. The monoisotopic (exact) mass is 615 g/mol. The normalized spacial score (nSPS) is 11.1. The molecular weight excluding hydrogens is 592 g/mol. The van der Waals surface area contributed by atoms with Gasteiger partial charge in [-0.2, -0.15) is 0 Å². The minimum absolute atomic E-state index is 0.0755. The predicted molar refractivity (Wildman–Crippen MR) is 163 cm³/mol. The molecule has 3 N–H and O–H groups in total. The van der Waals surface area contributed by atoms with E-state index in [2.05, 4.69) is 30.9 Å². The lowest BCUT2D eigenvalue weighted by molar-refractivity contribution is 0.0950. The zero-order valence-corrected chi connectivity index (χ0v) is 23.9. The second-order valence-corrected chi connectivity index (χ2v) is 9.92. The van der Waals surface area contributed by atoms with Gasteiger partial charge in [0.25, 0.3) is 17.4 Å². The second-order valence-electron chi connectivity index (χ2n) is 9.51. The van der Waals surface area contributed by atoms with Crippen LogP contribution in [0.2, 0.25) is 5.02 Å². The predicted octanol–water partition coefficient (Wildman–Crippen LogP) is 4.71. The van der Waals surface area contributed by atoms with Gasteiger partial charge >= 0.3 is 0 Å². The first-order chi connectivity index (χ1) is 21.2. The van der Waals surface area contributed by atoms with E-state index >= 15 is 0 Å². The fraction of sp³-hybridized carbons (Fsp3) is 0.0968. The number of anilines is 2. The summed E-state index contributed by atoms with van der Waals surface area (Å²) in [5.41, 5.74) is 2.06. The number of fused-ring (bicyclic) bond motifs is 1. The summed E-state index contributed by atoms with van der Waals surface area (Å²) in [4.78, 5) is 50.1. The Kier molecular flexibility index (Phi) is 9.01. The van der Waals surface area contributed by atoms with Gasteiger partial charge in [-0.05, 0) is 53.6 Å². The highest BCUT2D eigenvalue weighted by atomic mass is 35.5. The Morgan fingerprint density at radius 3 is 2.59 bits per heavy atom. The molecule has 0 fully saturated rings. The Morgan fingerprint density at radius 1 is 0.977 bits per heavy atom. The van der Waals surface area contributed by atoms with Crippen molar-refractivity contribution < 1.29 is 18.4 Å². The molecule has 0 unspecified atom stereocenters. The van der Waals surface area contributed by atoms with E-state index in [1.165, 1.54) is 19.4 Å². The number of nitrogens with one attached hydrogen (secondary N) is 3. The van der Waals surface area contributed by atoms with E-state index < -0.39 is 23.1 Å². The number of amides is 2. The zero-order chi connectivity index (χ0) is 31.2. The van der Waals surface area contributed by atoms with Crippen LogP contribution >= 0.6 is 11.6 Å². The van der Waals surface area contributed by atoms with Crippen LogP contribution in [0.15, 0.2) is 84.2 Å². The van der Waals surface area contributed by atoms with E-state index in [0.717, 1.165) is 33.8 Å². The quantitative estimate of drug-likeness (QED) is 0.219. The Hall–Kier alpha value is -5.49. The van der Waals surface area contributed by atoms with Crippen molar-refractivity contribution in [3.05, 3.63) is 129 Å².